The second-order valence-electron chi connectivity index (χ2n) is 8.26. The van der Waals surface area contributed by atoms with Crippen LogP contribution >= 0.6 is 15.9 Å². The molecule has 0 amide bonds. The van der Waals surface area contributed by atoms with Gasteiger partial charge in [0.1, 0.15) is 0 Å². The Morgan fingerprint density at radius 1 is 0.333 bits per heavy atom. The van der Waals surface area contributed by atoms with Crippen LogP contribution in [0.25, 0.3) is 54.9 Å². The maximum absolute atomic E-state index is 3.80. The van der Waals surface area contributed by atoms with E-state index in [0.717, 1.165) is 4.47 Å². The van der Waals surface area contributed by atoms with E-state index in [1.807, 2.05) is 0 Å². The Balaban J connectivity index is 1.66. The monoisotopic (exact) mass is 484 g/mol. The van der Waals surface area contributed by atoms with Crippen molar-refractivity contribution >= 4 is 37.5 Å². The molecule has 0 heterocycles. The Labute approximate surface area is 202 Å². The Hall–Kier alpha value is -3.68. The summed E-state index contributed by atoms with van der Waals surface area (Å²) in [6.07, 6.45) is 0. The highest BCUT2D eigenvalue weighted by Crippen LogP contribution is 2.45. The summed E-state index contributed by atoms with van der Waals surface area (Å²) in [7, 11) is 0. The van der Waals surface area contributed by atoms with Crippen molar-refractivity contribution in [3.8, 4) is 33.4 Å². The second-order valence-corrected chi connectivity index (χ2v) is 9.12. The van der Waals surface area contributed by atoms with E-state index in [1.54, 1.807) is 0 Å². The zero-order valence-electron chi connectivity index (χ0n) is 18.0. The van der Waals surface area contributed by atoms with Gasteiger partial charge in [-0.1, -0.05) is 137 Å². The van der Waals surface area contributed by atoms with E-state index in [1.165, 1.54) is 54.9 Å². The first kappa shape index (κ1) is 20.0. The minimum atomic E-state index is 1.11. The molecule has 0 fully saturated rings. The summed E-state index contributed by atoms with van der Waals surface area (Å²) >= 11 is 3.80. The third-order valence-corrected chi connectivity index (χ3v) is 7.05. The van der Waals surface area contributed by atoms with Crippen LogP contribution in [0, 0.1) is 0 Å². The van der Waals surface area contributed by atoms with E-state index < -0.39 is 0 Å². The van der Waals surface area contributed by atoms with E-state index in [0.29, 0.717) is 0 Å². The number of hydrogen-bond acceptors (Lipinski definition) is 0. The molecule has 0 nitrogen and oxygen atoms in total. The summed E-state index contributed by atoms with van der Waals surface area (Å²) in [6, 6.07) is 45.6. The van der Waals surface area contributed by atoms with Gasteiger partial charge in [-0.2, -0.15) is 0 Å². The topological polar surface area (TPSA) is 0 Å². The molecule has 1 heteroatoms. The van der Waals surface area contributed by atoms with Gasteiger partial charge >= 0.3 is 0 Å². The largest absolute Gasteiger partial charge is 0.0622 e. The van der Waals surface area contributed by atoms with Crippen molar-refractivity contribution in [2.75, 3.05) is 0 Å². The fourth-order valence-corrected chi connectivity index (χ4v) is 5.34. The van der Waals surface area contributed by atoms with Crippen LogP contribution < -0.4 is 0 Å². The first-order valence-electron chi connectivity index (χ1n) is 11.2. The SMILES string of the molecule is Brc1ccccc1-c1c2ccccc2c(-c2ccc(-c3ccccc3)cc2)c2ccccc12. The van der Waals surface area contributed by atoms with Gasteiger partial charge in [-0.15, -0.1) is 0 Å². The summed E-state index contributed by atoms with van der Waals surface area (Å²) < 4.78 is 1.11. The molecule has 6 aromatic rings. The molecule has 0 N–H and O–H groups in total. The third kappa shape index (κ3) is 3.46. The number of halogens is 1. The van der Waals surface area contributed by atoms with E-state index in [-0.39, 0.29) is 0 Å². The molecule has 156 valence electrons. The molecule has 0 aliphatic carbocycles. The molecule has 0 saturated heterocycles. The number of benzene rings is 6. The van der Waals surface area contributed by atoms with Crippen LogP contribution in [0.4, 0.5) is 0 Å². The van der Waals surface area contributed by atoms with Gasteiger partial charge in [-0.25, -0.2) is 0 Å². The normalized spacial score (nSPS) is 11.2. The second kappa shape index (κ2) is 8.35. The van der Waals surface area contributed by atoms with Gasteiger partial charge < -0.3 is 0 Å². The molecule has 0 aliphatic heterocycles. The molecule has 33 heavy (non-hydrogen) atoms. The van der Waals surface area contributed by atoms with Gasteiger partial charge in [0.15, 0.2) is 0 Å². The number of fused-ring (bicyclic) bond motifs is 2. The van der Waals surface area contributed by atoms with E-state index in [9.17, 15) is 0 Å². The van der Waals surface area contributed by atoms with Crippen molar-refractivity contribution in [2.24, 2.45) is 0 Å². The van der Waals surface area contributed by atoms with Crippen molar-refractivity contribution in [3.63, 3.8) is 0 Å². The first-order valence-corrected chi connectivity index (χ1v) is 11.9. The van der Waals surface area contributed by atoms with Crippen LogP contribution in [0.5, 0.6) is 0 Å². The smallest absolute Gasteiger partial charge is 0.0254 e. The lowest BCUT2D eigenvalue weighted by Crippen LogP contribution is -1.91. The molecule has 0 aliphatic rings. The van der Waals surface area contributed by atoms with E-state index in [2.05, 4.69) is 143 Å². The van der Waals surface area contributed by atoms with Crippen molar-refractivity contribution in [2.45, 2.75) is 0 Å². The lowest BCUT2D eigenvalue weighted by molar-refractivity contribution is 1.60. The summed E-state index contributed by atoms with van der Waals surface area (Å²) in [5, 5.41) is 5.08. The van der Waals surface area contributed by atoms with E-state index in [4.69, 9.17) is 0 Å². The summed E-state index contributed by atoms with van der Waals surface area (Å²) in [4.78, 5) is 0. The molecule has 6 aromatic carbocycles. The summed E-state index contributed by atoms with van der Waals surface area (Å²) in [5.74, 6) is 0. The Kier molecular flexibility index (Phi) is 5.05. The quantitative estimate of drug-likeness (QED) is 0.219. The average Bonchev–Trinajstić information content (AvgIpc) is 2.88. The molecule has 0 spiro atoms. The van der Waals surface area contributed by atoms with E-state index >= 15 is 0 Å². The van der Waals surface area contributed by atoms with Gasteiger partial charge in [0.2, 0.25) is 0 Å². The minimum Gasteiger partial charge on any atom is -0.0622 e. The van der Waals surface area contributed by atoms with Crippen molar-refractivity contribution in [3.05, 3.63) is 132 Å². The fourth-order valence-electron chi connectivity index (χ4n) is 4.85. The molecule has 0 saturated carbocycles. The molecule has 0 aromatic heterocycles. The van der Waals surface area contributed by atoms with Crippen LogP contribution in [0.2, 0.25) is 0 Å². The van der Waals surface area contributed by atoms with Crippen LogP contribution in [0.15, 0.2) is 132 Å². The summed E-state index contributed by atoms with van der Waals surface area (Å²) in [6.45, 7) is 0. The van der Waals surface area contributed by atoms with Gasteiger partial charge in [-0.3, -0.25) is 0 Å². The minimum absolute atomic E-state index is 1.11. The zero-order chi connectivity index (χ0) is 22.2. The lowest BCUT2D eigenvalue weighted by Gasteiger charge is -2.18. The van der Waals surface area contributed by atoms with Gasteiger partial charge in [0, 0.05) is 4.47 Å². The third-order valence-electron chi connectivity index (χ3n) is 6.36. The number of hydrogen-bond donors (Lipinski definition) is 0. The molecule has 0 atom stereocenters. The molecule has 6 rings (SSSR count). The standard InChI is InChI=1S/C32H21Br/c33-30-17-9-8-16-29(30)32-27-14-6-4-12-25(27)31(26-13-5-7-15-28(26)32)24-20-18-23(19-21-24)22-10-2-1-3-11-22/h1-21H. The molecular formula is C32H21Br. The first-order chi connectivity index (χ1) is 16.3. The Bertz CT molecular complexity index is 1540. The van der Waals surface area contributed by atoms with Crippen molar-refractivity contribution < 1.29 is 0 Å². The van der Waals surface area contributed by atoms with Crippen molar-refractivity contribution in [1.29, 1.82) is 0 Å². The van der Waals surface area contributed by atoms with Crippen molar-refractivity contribution in [1.82, 2.24) is 0 Å². The number of rotatable bonds is 3. The predicted octanol–water partition coefficient (Wildman–Crippen LogP) is 9.76. The van der Waals surface area contributed by atoms with Gasteiger partial charge in [-0.05, 0) is 61.0 Å². The maximum atomic E-state index is 3.80. The highest BCUT2D eigenvalue weighted by molar-refractivity contribution is 9.10. The van der Waals surface area contributed by atoms with Crippen LogP contribution in [0.1, 0.15) is 0 Å². The molecule has 0 radical (unpaired) electrons. The Morgan fingerprint density at radius 3 is 1.33 bits per heavy atom. The molecular weight excluding hydrogens is 464 g/mol. The van der Waals surface area contributed by atoms with Crippen LogP contribution in [-0.4, -0.2) is 0 Å². The van der Waals surface area contributed by atoms with Crippen LogP contribution in [0.3, 0.4) is 0 Å². The zero-order valence-corrected chi connectivity index (χ0v) is 19.6. The highest BCUT2D eigenvalue weighted by atomic mass is 79.9. The Morgan fingerprint density at radius 2 is 0.758 bits per heavy atom. The van der Waals surface area contributed by atoms with Crippen LogP contribution in [-0.2, 0) is 0 Å². The molecule has 0 unspecified atom stereocenters. The fraction of sp³-hybridized carbons (Fsp3) is 0. The van der Waals surface area contributed by atoms with Gasteiger partial charge in [0.25, 0.3) is 0 Å². The summed E-state index contributed by atoms with van der Waals surface area (Å²) in [5.41, 5.74) is 7.49. The predicted molar refractivity (Wildman–Crippen MR) is 145 cm³/mol. The van der Waals surface area contributed by atoms with Gasteiger partial charge in [0.05, 0.1) is 0 Å². The average molecular weight is 485 g/mol. The highest BCUT2D eigenvalue weighted by Gasteiger charge is 2.17. The lowest BCUT2D eigenvalue weighted by atomic mass is 9.86. The maximum Gasteiger partial charge on any atom is 0.0254 e. The molecule has 0 bridgehead atoms.